The predicted octanol–water partition coefficient (Wildman–Crippen LogP) is 2.14. The third kappa shape index (κ3) is 4.11. The standard InChI is InChI=1S/C13H25N3/c1-3-5-9-16(13(4-2)10-14)11-12-7-6-8-15-12/h12-13,15H,3-9,11H2,1-2H3. The Kier molecular flexibility index (Phi) is 6.44. The average Bonchev–Trinajstić information content (AvgIpc) is 2.80. The van der Waals surface area contributed by atoms with Crippen LogP contribution >= 0.6 is 0 Å². The van der Waals surface area contributed by atoms with Crippen molar-refractivity contribution in [2.24, 2.45) is 0 Å². The van der Waals surface area contributed by atoms with Gasteiger partial charge < -0.3 is 5.32 Å². The molecule has 0 bridgehead atoms. The Balaban J connectivity index is 2.44. The molecule has 0 radical (unpaired) electrons. The van der Waals surface area contributed by atoms with Crippen molar-refractivity contribution in [3.63, 3.8) is 0 Å². The summed E-state index contributed by atoms with van der Waals surface area (Å²) in [5, 5.41) is 12.7. The molecule has 1 rings (SSSR count). The molecule has 1 heterocycles. The maximum atomic E-state index is 9.16. The zero-order valence-electron chi connectivity index (χ0n) is 10.7. The highest BCUT2D eigenvalue weighted by atomic mass is 15.2. The van der Waals surface area contributed by atoms with Crippen LogP contribution in [0, 0.1) is 11.3 Å². The summed E-state index contributed by atoms with van der Waals surface area (Å²) < 4.78 is 0. The summed E-state index contributed by atoms with van der Waals surface area (Å²) in [6.45, 7) is 7.58. The Morgan fingerprint density at radius 1 is 1.50 bits per heavy atom. The van der Waals surface area contributed by atoms with Crippen LogP contribution in [0.4, 0.5) is 0 Å². The van der Waals surface area contributed by atoms with Gasteiger partial charge >= 0.3 is 0 Å². The average molecular weight is 223 g/mol. The van der Waals surface area contributed by atoms with Gasteiger partial charge in [-0.3, -0.25) is 4.90 Å². The maximum absolute atomic E-state index is 9.16. The summed E-state index contributed by atoms with van der Waals surface area (Å²) in [4.78, 5) is 2.37. The van der Waals surface area contributed by atoms with Crippen molar-refractivity contribution in [3.8, 4) is 6.07 Å². The summed E-state index contributed by atoms with van der Waals surface area (Å²) in [6.07, 6.45) is 5.90. The van der Waals surface area contributed by atoms with E-state index < -0.39 is 0 Å². The first-order chi connectivity index (χ1) is 7.81. The van der Waals surface area contributed by atoms with Crippen LogP contribution in [0.2, 0.25) is 0 Å². The molecule has 1 fully saturated rings. The minimum atomic E-state index is 0.106. The van der Waals surface area contributed by atoms with Crippen LogP contribution in [-0.2, 0) is 0 Å². The number of hydrogen-bond donors (Lipinski definition) is 1. The highest BCUT2D eigenvalue weighted by molar-refractivity contribution is 4.92. The first-order valence-electron chi connectivity index (χ1n) is 6.68. The van der Waals surface area contributed by atoms with Gasteiger partial charge in [-0.15, -0.1) is 0 Å². The molecule has 0 aromatic carbocycles. The lowest BCUT2D eigenvalue weighted by Gasteiger charge is -2.29. The van der Waals surface area contributed by atoms with Gasteiger partial charge in [0.2, 0.25) is 0 Å². The first kappa shape index (κ1) is 13.5. The minimum absolute atomic E-state index is 0.106. The van der Waals surface area contributed by atoms with Gasteiger partial charge in [-0.25, -0.2) is 0 Å². The molecule has 0 aliphatic carbocycles. The SMILES string of the molecule is CCCCN(CC1CCCN1)C(C#N)CC. The monoisotopic (exact) mass is 223 g/mol. The van der Waals surface area contributed by atoms with Gasteiger partial charge in [-0.05, 0) is 38.8 Å². The molecule has 2 atom stereocenters. The molecule has 1 N–H and O–H groups in total. The molecule has 0 saturated carbocycles. The summed E-state index contributed by atoms with van der Waals surface area (Å²) in [7, 11) is 0. The largest absolute Gasteiger partial charge is 0.313 e. The quantitative estimate of drug-likeness (QED) is 0.719. The molecule has 2 unspecified atom stereocenters. The van der Waals surface area contributed by atoms with Gasteiger partial charge in [0.05, 0.1) is 12.1 Å². The van der Waals surface area contributed by atoms with Crippen LogP contribution in [0.5, 0.6) is 0 Å². The van der Waals surface area contributed by atoms with Crippen molar-refractivity contribution in [1.29, 1.82) is 5.26 Å². The van der Waals surface area contributed by atoms with Crippen molar-refractivity contribution < 1.29 is 0 Å². The van der Waals surface area contributed by atoms with Gasteiger partial charge in [0, 0.05) is 12.6 Å². The van der Waals surface area contributed by atoms with E-state index in [9.17, 15) is 0 Å². The van der Waals surface area contributed by atoms with Crippen LogP contribution in [0.15, 0.2) is 0 Å². The predicted molar refractivity (Wildman–Crippen MR) is 67.2 cm³/mol. The lowest BCUT2D eigenvalue weighted by atomic mass is 10.1. The van der Waals surface area contributed by atoms with E-state index in [1.54, 1.807) is 0 Å². The molecular weight excluding hydrogens is 198 g/mol. The zero-order valence-corrected chi connectivity index (χ0v) is 10.7. The smallest absolute Gasteiger partial charge is 0.0975 e. The van der Waals surface area contributed by atoms with Crippen molar-refractivity contribution in [1.82, 2.24) is 10.2 Å². The van der Waals surface area contributed by atoms with Gasteiger partial charge in [0.15, 0.2) is 0 Å². The van der Waals surface area contributed by atoms with Crippen LogP contribution < -0.4 is 5.32 Å². The van der Waals surface area contributed by atoms with Crippen LogP contribution in [0.25, 0.3) is 0 Å². The summed E-state index contributed by atoms with van der Waals surface area (Å²) in [6, 6.07) is 3.15. The third-order valence-electron chi connectivity index (χ3n) is 3.39. The fourth-order valence-electron chi connectivity index (χ4n) is 2.36. The zero-order chi connectivity index (χ0) is 11.8. The maximum Gasteiger partial charge on any atom is 0.0975 e. The molecule has 92 valence electrons. The molecule has 3 nitrogen and oxygen atoms in total. The van der Waals surface area contributed by atoms with Gasteiger partial charge in [-0.1, -0.05) is 20.3 Å². The third-order valence-corrected chi connectivity index (χ3v) is 3.39. The van der Waals surface area contributed by atoms with Gasteiger partial charge in [0.25, 0.3) is 0 Å². The Morgan fingerprint density at radius 2 is 2.31 bits per heavy atom. The van der Waals surface area contributed by atoms with Crippen LogP contribution in [0.1, 0.15) is 46.0 Å². The van der Waals surface area contributed by atoms with E-state index in [1.165, 1.54) is 25.7 Å². The van der Waals surface area contributed by atoms with E-state index in [4.69, 9.17) is 5.26 Å². The van der Waals surface area contributed by atoms with E-state index in [0.29, 0.717) is 6.04 Å². The Morgan fingerprint density at radius 3 is 2.81 bits per heavy atom. The molecule has 1 aliphatic heterocycles. The Labute approximate surface area is 99.8 Å². The molecule has 3 heteroatoms. The normalized spacial score (nSPS) is 22.2. The molecule has 0 aromatic rings. The number of hydrogen-bond acceptors (Lipinski definition) is 3. The highest BCUT2D eigenvalue weighted by Crippen LogP contribution is 2.12. The van der Waals surface area contributed by atoms with Crippen molar-refractivity contribution >= 4 is 0 Å². The Bertz CT molecular complexity index is 216. The van der Waals surface area contributed by atoms with Crippen molar-refractivity contribution in [3.05, 3.63) is 0 Å². The van der Waals surface area contributed by atoms with Crippen molar-refractivity contribution in [2.45, 2.75) is 58.0 Å². The lowest BCUT2D eigenvalue weighted by Crippen LogP contribution is -2.43. The van der Waals surface area contributed by atoms with E-state index >= 15 is 0 Å². The number of rotatable bonds is 7. The molecule has 0 spiro atoms. The second kappa shape index (κ2) is 7.65. The van der Waals surface area contributed by atoms with E-state index in [0.717, 1.165) is 26.1 Å². The molecular formula is C13H25N3. The van der Waals surface area contributed by atoms with E-state index in [1.807, 2.05) is 0 Å². The lowest BCUT2D eigenvalue weighted by molar-refractivity contribution is 0.206. The van der Waals surface area contributed by atoms with E-state index in [-0.39, 0.29) is 6.04 Å². The molecule has 0 aromatic heterocycles. The first-order valence-corrected chi connectivity index (χ1v) is 6.68. The Hall–Kier alpha value is -0.590. The fourth-order valence-corrected chi connectivity index (χ4v) is 2.36. The number of nitrogens with one attached hydrogen (secondary N) is 1. The van der Waals surface area contributed by atoms with Gasteiger partial charge in [-0.2, -0.15) is 5.26 Å². The molecule has 0 amide bonds. The van der Waals surface area contributed by atoms with Crippen LogP contribution in [-0.4, -0.2) is 36.6 Å². The second-order valence-electron chi connectivity index (χ2n) is 4.69. The van der Waals surface area contributed by atoms with Gasteiger partial charge in [0.1, 0.15) is 0 Å². The topological polar surface area (TPSA) is 39.1 Å². The minimum Gasteiger partial charge on any atom is -0.313 e. The molecule has 1 saturated heterocycles. The number of unbranched alkanes of at least 4 members (excludes halogenated alkanes) is 1. The number of nitrogens with zero attached hydrogens (tertiary/aromatic N) is 2. The van der Waals surface area contributed by atoms with E-state index in [2.05, 4.69) is 30.1 Å². The summed E-state index contributed by atoms with van der Waals surface area (Å²) in [5.74, 6) is 0. The number of nitriles is 1. The highest BCUT2D eigenvalue weighted by Gasteiger charge is 2.22. The van der Waals surface area contributed by atoms with Crippen molar-refractivity contribution in [2.75, 3.05) is 19.6 Å². The fraction of sp³-hybridized carbons (Fsp3) is 0.923. The summed E-state index contributed by atoms with van der Waals surface area (Å²) >= 11 is 0. The summed E-state index contributed by atoms with van der Waals surface area (Å²) in [5.41, 5.74) is 0. The molecule has 16 heavy (non-hydrogen) atoms. The second-order valence-corrected chi connectivity index (χ2v) is 4.69. The van der Waals surface area contributed by atoms with Crippen LogP contribution in [0.3, 0.4) is 0 Å². The molecule has 1 aliphatic rings.